The third-order valence-corrected chi connectivity index (χ3v) is 6.84. The molecule has 1 aromatic heterocycles. The number of aryl methyl sites for hydroxylation is 1. The lowest BCUT2D eigenvalue weighted by Gasteiger charge is -2.39. The van der Waals surface area contributed by atoms with E-state index in [1.165, 1.54) is 24.5 Å². The second-order valence-corrected chi connectivity index (χ2v) is 9.43. The van der Waals surface area contributed by atoms with Crippen LogP contribution in [0.4, 0.5) is 4.39 Å². The Bertz CT molecular complexity index is 821. The molecule has 0 spiro atoms. The van der Waals surface area contributed by atoms with E-state index in [1.807, 2.05) is 18.3 Å². The van der Waals surface area contributed by atoms with E-state index in [0.717, 1.165) is 50.0 Å². The highest BCUT2D eigenvalue weighted by molar-refractivity contribution is 5.76. The van der Waals surface area contributed by atoms with Crippen LogP contribution in [0.1, 0.15) is 76.3 Å². The molecule has 0 bridgehead atoms. The molecule has 2 atom stereocenters. The molecule has 168 valence electrons. The van der Waals surface area contributed by atoms with Crippen molar-refractivity contribution < 1.29 is 9.18 Å². The summed E-state index contributed by atoms with van der Waals surface area (Å²) in [6.45, 7) is 5.12. The number of rotatable bonds is 13. The van der Waals surface area contributed by atoms with Crippen LogP contribution in [0.3, 0.4) is 0 Å². The van der Waals surface area contributed by atoms with Gasteiger partial charge in [-0.25, -0.2) is 4.39 Å². The summed E-state index contributed by atoms with van der Waals surface area (Å²) < 4.78 is 14.0. The first-order valence-electron chi connectivity index (χ1n) is 11.9. The molecule has 0 aliphatic heterocycles. The quantitative estimate of drug-likeness (QED) is 0.388. The minimum atomic E-state index is -0.192. The van der Waals surface area contributed by atoms with Crippen LogP contribution in [0.15, 0.2) is 48.8 Å². The highest BCUT2D eigenvalue weighted by Gasteiger charge is 2.39. The van der Waals surface area contributed by atoms with Crippen LogP contribution >= 0.6 is 0 Å². The van der Waals surface area contributed by atoms with Gasteiger partial charge in [-0.2, -0.15) is 0 Å². The van der Waals surface area contributed by atoms with E-state index in [-0.39, 0.29) is 23.1 Å². The molecule has 1 fully saturated rings. The number of halogens is 1. The van der Waals surface area contributed by atoms with Crippen molar-refractivity contribution in [3.05, 3.63) is 65.7 Å². The lowest BCUT2D eigenvalue weighted by Crippen LogP contribution is -2.37. The summed E-state index contributed by atoms with van der Waals surface area (Å²) in [5.74, 6) is 0.896. The average Bonchev–Trinajstić information content (AvgIpc) is 3.58. The molecule has 4 heteroatoms. The van der Waals surface area contributed by atoms with E-state index in [0.29, 0.717) is 13.0 Å². The first kappa shape index (κ1) is 23.4. The zero-order valence-electron chi connectivity index (χ0n) is 19.1. The Kier molecular flexibility index (Phi) is 8.62. The first-order valence-corrected chi connectivity index (χ1v) is 11.9. The summed E-state index contributed by atoms with van der Waals surface area (Å²) in [6.07, 6.45) is 12.8. The van der Waals surface area contributed by atoms with Gasteiger partial charge in [0.2, 0.25) is 5.91 Å². The lowest BCUT2D eigenvalue weighted by molar-refractivity contribution is -0.122. The number of benzene rings is 1. The average molecular weight is 425 g/mol. The normalized spacial score (nSPS) is 16.5. The van der Waals surface area contributed by atoms with Gasteiger partial charge in [0.15, 0.2) is 0 Å². The van der Waals surface area contributed by atoms with Gasteiger partial charge in [0, 0.05) is 25.4 Å². The van der Waals surface area contributed by atoms with Crippen LogP contribution in [0.5, 0.6) is 0 Å². The van der Waals surface area contributed by atoms with Crippen molar-refractivity contribution in [2.75, 3.05) is 6.54 Å². The lowest BCUT2D eigenvalue weighted by atomic mass is 9.66. The van der Waals surface area contributed by atoms with Crippen LogP contribution in [0.25, 0.3) is 0 Å². The van der Waals surface area contributed by atoms with Crippen LogP contribution in [0, 0.1) is 17.7 Å². The number of pyridine rings is 1. The fourth-order valence-electron chi connectivity index (χ4n) is 4.80. The predicted octanol–water partition coefficient (Wildman–Crippen LogP) is 6.22. The Morgan fingerprint density at radius 3 is 2.77 bits per heavy atom. The van der Waals surface area contributed by atoms with E-state index < -0.39 is 0 Å². The van der Waals surface area contributed by atoms with Gasteiger partial charge in [0.25, 0.3) is 0 Å². The number of nitrogens with zero attached hydrogens (tertiary/aromatic N) is 1. The second-order valence-electron chi connectivity index (χ2n) is 9.43. The summed E-state index contributed by atoms with van der Waals surface area (Å²) >= 11 is 0. The van der Waals surface area contributed by atoms with E-state index in [1.54, 1.807) is 18.3 Å². The predicted molar refractivity (Wildman–Crippen MR) is 124 cm³/mol. The van der Waals surface area contributed by atoms with Crippen molar-refractivity contribution in [3.8, 4) is 0 Å². The number of hydrogen-bond acceptors (Lipinski definition) is 2. The van der Waals surface area contributed by atoms with Gasteiger partial charge in [-0.05, 0) is 78.7 Å². The van der Waals surface area contributed by atoms with E-state index in [4.69, 9.17) is 0 Å². The topological polar surface area (TPSA) is 42.0 Å². The Morgan fingerprint density at radius 2 is 2.10 bits per heavy atom. The number of amides is 1. The van der Waals surface area contributed by atoms with Gasteiger partial charge in [0.1, 0.15) is 5.82 Å². The molecular formula is C27H37FN2O. The van der Waals surface area contributed by atoms with Gasteiger partial charge in [-0.3, -0.25) is 9.78 Å². The Morgan fingerprint density at radius 1 is 1.26 bits per heavy atom. The summed E-state index contributed by atoms with van der Waals surface area (Å²) in [5, 5.41) is 3.14. The van der Waals surface area contributed by atoms with Crippen LogP contribution in [-0.4, -0.2) is 17.4 Å². The van der Waals surface area contributed by atoms with Crippen molar-refractivity contribution in [3.63, 3.8) is 0 Å². The molecule has 31 heavy (non-hydrogen) atoms. The molecule has 1 N–H and O–H groups in total. The molecule has 1 aliphatic rings. The van der Waals surface area contributed by atoms with Crippen molar-refractivity contribution >= 4 is 5.91 Å². The van der Waals surface area contributed by atoms with Crippen molar-refractivity contribution in [2.24, 2.45) is 11.8 Å². The van der Waals surface area contributed by atoms with Gasteiger partial charge < -0.3 is 5.32 Å². The standard InChI is InChI=1S/C27H37FN2O/c1-3-14-27(2,23-10-6-11-25(28)18-23)24(17-21-12-13-21)19-26(31)30-16-5-4-8-22-9-7-15-29-20-22/h6-7,9-11,15,18,20-21,24H,3-5,8,12-14,16-17,19H2,1-2H3,(H,30,31). The molecule has 0 saturated heterocycles. The number of unbranched alkanes of at least 4 members (excludes halogenated alkanes) is 1. The third kappa shape index (κ3) is 7.15. The summed E-state index contributed by atoms with van der Waals surface area (Å²) in [6, 6.07) is 11.1. The number of aromatic nitrogens is 1. The minimum Gasteiger partial charge on any atom is -0.356 e. The van der Waals surface area contributed by atoms with Crippen LogP contribution in [0.2, 0.25) is 0 Å². The maximum Gasteiger partial charge on any atom is 0.220 e. The van der Waals surface area contributed by atoms with Gasteiger partial charge in [0.05, 0.1) is 0 Å². The zero-order valence-corrected chi connectivity index (χ0v) is 19.1. The fourth-order valence-corrected chi connectivity index (χ4v) is 4.80. The number of carbonyl (C=O) groups excluding carboxylic acids is 1. The molecule has 3 nitrogen and oxygen atoms in total. The highest BCUT2D eigenvalue weighted by atomic mass is 19.1. The van der Waals surface area contributed by atoms with Gasteiger partial charge >= 0.3 is 0 Å². The monoisotopic (exact) mass is 424 g/mol. The molecule has 1 aromatic carbocycles. The van der Waals surface area contributed by atoms with E-state index in [2.05, 4.69) is 30.2 Å². The van der Waals surface area contributed by atoms with Crippen molar-refractivity contribution in [1.82, 2.24) is 10.3 Å². The van der Waals surface area contributed by atoms with Gasteiger partial charge in [-0.15, -0.1) is 0 Å². The van der Waals surface area contributed by atoms with Gasteiger partial charge in [-0.1, -0.05) is 51.3 Å². The Labute approximate surface area is 186 Å². The molecule has 2 unspecified atom stereocenters. The number of carbonyl (C=O) groups is 1. The van der Waals surface area contributed by atoms with E-state index >= 15 is 0 Å². The fraction of sp³-hybridized carbons (Fsp3) is 0.556. The van der Waals surface area contributed by atoms with E-state index in [9.17, 15) is 9.18 Å². The molecule has 2 aromatic rings. The largest absolute Gasteiger partial charge is 0.356 e. The first-order chi connectivity index (χ1) is 15.0. The van der Waals surface area contributed by atoms with Crippen LogP contribution < -0.4 is 5.32 Å². The highest BCUT2D eigenvalue weighted by Crippen LogP contribution is 2.46. The summed E-state index contributed by atoms with van der Waals surface area (Å²) in [5.41, 5.74) is 2.09. The smallest absolute Gasteiger partial charge is 0.220 e. The summed E-state index contributed by atoms with van der Waals surface area (Å²) in [7, 11) is 0. The van der Waals surface area contributed by atoms with Crippen LogP contribution in [-0.2, 0) is 16.6 Å². The maximum absolute atomic E-state index is 14.0. The molecule has 3 rings (SSSR count). The SMILES string of the molecule is CCCC(C)(c1cccc(F)c1)C(CC(=O)NCCCCc1cccnc1)CC1CC1. The maximum atomic E-state index is 14.0. The second kappa shape index (κ2) is 11.4. The van der Waals surface area contributed by atoms with Crippen molar-refractivity contribution in [1.29, 1.82) is 0 Å². The molecular weight excluding hydrogens is 387 g/mol. The molecule has 1 saturated carbocycles. The molecule has 1 heterocycles. The van der Waals surface area contributed by atoms with Crippen molar-refractivity contribution in [2.45, 2.75) is 77.0 Å². The third-order valence-electron chi connectivity index (χ3n) is 6.84. The molecule has 1 amide bonds. The Balaban J connectivity index is 1.56. The Hall–Kier alpha value is -2.23. The number of nitrogens with one attached hydrogen (secondary N) is 1. The number of hydrogen-bond donors (Lipinski definition) is 1. The molecule has 1 aliphatic carbocycles. The summed E-state index contributed by atoms with van der Waals surface area (Å²) in [4.78, 5) is 17.0. The molecule has 0 radical (unpaired) electrons. The zero-order chi connectivity index (χ0) is 22.1. The minimum absolute atomic E-state index is 0.130.